The second-order valence-electron chi connectivity index (χ2n) is 8.34. The second kappa shape index (κ2) is 9.38. The van der Waals surface area contributed by atoms with E-state index in [4.69, 9.17) is 9.47 Å². The van der Waals surface area contributed by atoms with Gasteiger partial charge in [-0.25, -0.2) is 0 Å². The molecule has 1 atom stereocenters. The minimum atomic E-state index is -1.24. The van der Waals surface area contributed by atoms with E-state index in [1.54, 1.807) is 49.8 Å². The first-order valence-electron chi connectivity index (χ1n) is 10.9. The van der Waals surface area contributed by atoms with Gasteiger partial charge in [0, 0.05) is 30.8 Å². The highest BCUT2D eigenvalue weighted by atomic mass is 16.5. The molecule has 2 aromatic rings. The van der Waals surface area contributed by atoms with Crippen molar-refractivity contribution in [1.82, 2.24) is 15.6 Å². The fourth-order valence-electron chi connectivity index (χ4n) is 4.32. The molecule has 0 bridgehead atoms. The Balaban J connectivity index is 1.59. The van der Waals surface area contributed by atoms with Crippen LogP contribution in [0.3, 0.4) is 0 Å². The molecule has 0 radical (unpaired) electrons. The van der Waals surface area contributed by atoms with Crippen molar-refractivity contribution >= 4 is 17.7 Å². The first-order chi connectivity index (χ1) is 15.5. The molecule has 1 aliphatic heterocycles. The summed E-state index contributed by atoms with van der Waals surface area (Å²) >= 11 is 0. The maximum absolute atomic E-state index is 13.2. The Hall–Kier alpha value is -3.42. The molecule has 2 N–H and O–H groups in total. The number of carbonyl (C=O) groups excluding carboxylic acids is 3. The largest absolute Gasteiger partial charge is 0.493 e. The lowest BCUT2D eigenvalue weighted by Crippen LogP contribution is -2.64. The average molecular weight is 437 g/mol. The lowest BCUT2D eigenvalue weighted by molar-refractivity contribution is -0.138. The third-order valence-corrected chi connectivity index (χ3v) is 6.10. The Kier molecular flexibility index (Phi) is 6.39. The van der Waals surface area contributed by atoms with Crippen LogP contribution >= 0.6 is 0 Å². The van der Waals surface area contributed by atoms with Crippen molar-refractivity contribution in [1.29, 1.82) is 0 Å². The van der Waals surface area contributed by atoms with Gasteiger partial charge in [-0.3, -0.25) is 24.7 Å². The fourth-order valence-corrected chi connectivity index (χ4v) is 4.32. The van der Waals surface area contributed by atoms with Gasteiger partial charge in [0.05, 0.1) is 13.2 Å². The molecule has 32 heavy (non-hydrogen) atoms. The number of carbonyl (C=O) groups is 3. The van der Waals surface area contributed by atoms with Crippen molar-refractivity contribution in [3.05, 3.63) is 53.9 Å². The highest BCUT2D eigenvalue weighted by Gasteiger charge is 2.44. The van der Waals surface area contributed by atoms with Crippen LogP contribution in [0.25, 0.3) is 0 Å². The number of pyridine rings is 1. The van der Waals surface area contributed by atoms with E-state index < -0.39 is 17.4 Å². The standard InChI is InChI=1S/C24H27N3O5/c1-31-19-7-6-17(14-20(19)32-18-4-2-3-5-18)22(29)27-24(11-8-21(28)26-23(24)30)15-16-9-12-25-13-10-16/h6-7,9-10,12-14,18H,2-5,8,11,15H2,1H3,(H,27,29)(H,26,28,30)/t24-/m0/s1. The number of hydrogen-bond acceptors (Lipinski definition) is 6. The fraction of sp³-hybridized carbons (Fsp3) is 0.417. The Bertz CT molecular complexity index is 1000. The lowest BCUT2D eigenvalue weighted by Gasteiger charge is -2.36. The van der Waals surface area contributed by atoms with Crippen LogP contribution in [-0.4, -0.2) is 41.5 Å². The van der Waals surface area contributed by atoms with Crippen molar-refractivity contribution in [3.8, 4) is 11.5 Å². The van der Waals surface area contributed by atoms with Crippen LogP contribution in [0.1, 0.15) is 54.4 Å². The number of benzene rings is 1. The van der Waals surface area contributed by atoms with Gasteiger partial charge in [-0.1, -0.05) is 0 Å². The van der Waals surface area contributed by atoms with Crippen LogP contribution < -0.4 is 20.1 Å². The summed E-state index contributed by atoms with van der Waals surface area (Å²) in [5.41, 5.74) is -0.0407. The quantitative estimate of drug-likeness (QED) is 0.645. The molecule has 2 fully saturated rings. The Morgan fingerprint density at radius 3 is 2.59 bits per heavy atom. The van der Waals surface area contributed by atoms with Crippen LogP contribution in [0.5, 0.6) is 11.5 Å². The van der Waals surface area contributed by atoms with Crippen LogP contribution in [0.15, 0.2) is 42.7 Å². The van der Waals surface area contributed by atoms with Crippen LogP contribution in [0.2, 0.25) is 0 Å². The number of nitrogens with zero attached hydrogens (tertiary/aromatic N) is 1. The summed E-state index contributed by atoms with van der Waals surface area (Å²) in [5.74, 6) is -0.192. The first-order valence-corrected chi connectivity index (χ1v) is 10.9. The second-order valence-corrected chi connectivity index (χ2v) is 8.34. The van der Waals surface area contributed by atoms with Gasteiger partial charge in [-0.15, -0.1) is 0 Å². The monoisotopic (exact) mass is 437 g/mol. The van der Waals surface area contributed by atoms with Crippen molar-refractivity contribution < 1.29 is 23.9 Å². The third-order valence-electron chi connectivity index (χ3n) is 6.10. The van der Waals surface area contributed by atoms with Crippen molar-refractivity contribution in [2.75, 3.05) is 7.11 Å². The van der Waals surface area contributed by atoms with Crippen molar-refractivity contribution in [2.24, 2.45) is 0 Å². The minimum Gasteiger partial charge on any atom is -0.493 e. The van der Waals surface area contributed by atoms with Gasteiger partial charge in [-0.2, -0.15) is 0 Å². The molecule has 1 saturated heterocycles. The predicted octanol–water partition coefficient (Wildman–Crippen LogP) is 2.56. The molecule has 3 amide bonds. The van der Waals surface area contributed by atoms with Crippen LogP contribution in [0.4, 0.5) is 0 Å². The molecule has 168 valence electrons. The molecule has 0 unspecified atom stereocenters. The Labute approximate surface area is 186 Å². The molecule has 1 aromatic heterocycles. The van der Waals surface area contributed by atoms with E-state index >= 15 is 0 Å². The number of imide groups is 1. The zero-order chi connectivity index (χ0) is 22.6. The summed E-state index contributed by atoms with van der Waals surface area (Å²) < 4.78 is 11.5. The minimum absolute atomic E-state index is 0.107. The van der Waals surface area contributed by atoms with Gasteiger partial charge in [0.2, 0.25) is 5.91 Å². The number of piperidine rings is 1. The number of nitrogens with one attached hydrogen (secondary N) is 2. The van der Waals surface area contributed by atoms with Gasteiger partial charge in [0.1, 0.15) is 5.54 Å². The lowest BCUT2D eigenvalue weighted by atomic mass is 9.82. The van der Waals surface area contributed by atoms with E-state index in [1.807, 2.05) is 0 Å². The Morgan fingerprint density at radius 1 is 1.16 bits per heavy atom. The van der Waals surface area contributed by atoms with Gasteiger partial charge in [0.15, 0.2) is 11.5 Å². The normalized spacial score (nSPS) is 21.2. The number of hydrogen-bond donors (Lipinski definition) is 2. The summed E-state index contributed by atoms with van der Waals surface area (Å²) in [7, 11) is 1.56. The predicted molar refractivity (Wildman–Crippen MR) is 116 cm³/mol. The zero-order valence-corrected chi connectivity index (χ0v) is 18.1. The van der Waals surface area contributed by atoms with E-state index in [0.29, 0.717) is 17.1 Å². The van der Waals surface area contributed by atoms with Gasteiger partial charge in [-0.05, 0) is 68.0 Å². The number of ether oxygens (including phenoxy) is 2. The maximum atomic E-state index is 13.2. The molecule has 4 rings (SSSR count). The molecule has 2 heterocycles. The SMILES string of the molecule is COc1ccc(C(=O)N[C@]2(Cc3ccncc3)CCC(=O)NC2=O)cc1OC1CCCC1. The smallest absolute Gasteiger partial charge is 0.252 e. The maximum Gasteiger partial charge on any atom is 0.252 e. The average Bonchev–Trinajstić information content (AvgIpc) is 3.30. The summed E-state index contributed by atoms with van der Waals surface area (Å²) in [4.78, 5) is 41.9. The van der Waals surface area contributed by atoms with Crippen molar-refractivity contribution in [2.45, 2.75) is 56.6 Å². The summed E-state index contributed by atoms with van der Waals surface area (Å²) in [6.07, 6.45) is 8.18. The van der Waals surface area contributed by atoms with E-state index in [2.05, 4.69) is 15.6 Å². The zero-order valence-electron chi connectivity index (χ0n) is 18.1. The molecule has 1 aromatic carbocycles. The van der Waals surface area contributed by atoms with Gasteiger partial charge < -0.3 is 14.8 Å². The molecule has 0 spiro atoms. The summed E-state index contributed by atoms with van der Waals surface area (Å²) in [6, 6.07) is 8.57. The van der Waals surface area contributed by atoms with Crippen molar-refractivity contribution in [3.63, 3.8) is 0 Å². The number of amides is 3. The highest BCUT2D eigenvalue weighted by molar-refractivity contribution is 6.06. The molecule has 8 nitrogen and oxygen atoms in total. The molecular weight excluding hydrogens is 410 g/mol. The van der Waals surface area contributed by atoms with Crippen LogP contribution in [0, 0.1) is 0 Å². The van der Waals surface area contributed by atoms with E-state index in [0.717, 1.165) is 31.2 Å². The van der Waals surface area contributed by atoms with E-state index in [1.165, 1.54) is 0 Å². The number of aromatic nitrogens is 1. The first kappa shape index (κ1) is 21.8. The third kappa shape index (κ3) is 4.74. The van der Waals surface area contributed by atoms with E-state index in [-0.39, 0.29) is 31.3 Å². The Morgan fingerprint density at radius 2 is 1.91 bits per heavy atom. The molecule has 2 aliphatic rings. The highest BCUT2D eigenvalue weighted by Crippen LogP contribution is 2.33. The van der Waals surface area contributed by atoms with Gasteiger partial charge in [0.25, 0.3) is 11.8 Å². The topological polar surface area (TPSA) is 107 Å². The van der Waals surface area contributed by atoms with Gasteiger partial charge >= 0.3 is 0 Å². The van der Waals surface area contributed by atoms with E-state index in [9.17, 15) is 14.4 Å². The number of methoxy groups -OCH3 is 1. The number of rotatable bonds is 7. The molecule has 8 heteroatoms. The summed E-state index contributed by atoms with van der Waals surface area (Å²) in [6.45, 7) is 0. The molecule has 1 aliphatic carbocycles. The molecular formula is C24H27N3O5. The van der Waals surface area contributed by atoms with Crippen LogP contribution in [-0.2, 0) is 16.0 Å². The summed E-state index contributed by atoms with van der Waals surface area (Å²) in [5, 5.41) is 5.28. The molecule has 1 saturated carbocycles.